The highest BCUT2D eigenvalue weighted by Gasteiger charge is 2.34. The van der Waals surface area contributed by atoms with E-state index in [1.54, 1.807) is 23.2 Å². The van der Waals surface area contributed by atoms with Gasteiger partial charge in [-0.25, -0.2) is 13.4 Å². The molecule has 2 aliphatic rings. The summed E-state index contributed by atoms with van der Waals surface area (Å²) in [6.07, 6.45) is 5.05. The van der Waals surface area contributed by atoms with Crippen LogP contribution >= 0.6 is 0 Å². The zero-order valence-corrected chi connectivity index (χ0v) is 15.3. The van der Waals surface area contributed by atoms with Gasteiger partial charge in [0.05, 0.1) is 5.92 Å². The first kappa shape index (κ1) is 17.4. The average Bonchev–Trinajstić information content (AvgIpc) is 3.13. The Morgan fingerprint density at radius 1 is 1.23 bits per heavy atom. The Balaban J connectivity index is 1.46. The highest BCUT2D eigenvalue weighted by Crippen LogP contribution is 2.25. The molecule has 2 aliphatic heterocycles. The zero-order chi connectivity index (χ0) is 18.1. The van der Waals surface area contributed by atoms with Crippen molar-refractivity contribution in [2.75, 3.05) is 39.3 Å². The van der Waals surface area contributed by atoms with Crippen molar-refractivity contribution in [3.63, 3.8) is 0 Å². The number of amides is 1. The third-order valence-corrected chi connectivity index (χ3v) is 7.17. The first-order valence-electron chi connectivity index (χ1n) is 8.99. The molecule has 0 aliphatic carbocycles. The Morgan fingerprint density at radius 2 is 2.04 bits per heavy atom. The van der Waals surface area contributed by atoms with Crippen LogP contribution in [-0.4, -0.2) is 72.8 Å². The van der Waals surface area contributed by atoms with Crippen LogP contribution in [0.15, 0.2) is 29.4 Å². The predicted molar refractivity (Wildman–Crippen MR) is 97.0 cm³/mol. The second kappa shape index (κ2) is 6.98. The molecule has 26 heavy (non-hydrogen) atoms. The number of pyridine rings is 1. The maximum atomic E-state index is 13.0. The number of rotatable bonds is 3. The minimum atomic E-state index is -3.61. The molecule has 140 valence electrons. The quantitative estimate of drug-likeness (QED) is 0.807. The van der Waals surface area contributed by atoms with Crippen LogP contribution < -0.4 is 5.32 Å². The van der Waals surface area contributed by atoms with Gasteiger partial charge < -0.3 is 15.2 Å². The number of aromatic amines is 1. The first-order valence-corrected chi connectivity index (χ1v) is 10.4. The molecule has 4 heterocycles. The Hall–Kier alpha value is -1.97. The molecule has 2 aromatic rings. The molecule has 0 saturated carbocycles. The number of nitrogens with one attached hydrogen (secondary N) is 2. The summed E-state index contributed by atoms with van der Waals surface area (Å²) in [4.78, 5) is 21.7. The smallest absolute Gasteiger partial charge is 0.245 e. The molecule has 1 amide bonds. The number of sulfonamides is 1. The lowest BCUT2D eigenvalue weighted by Gasteiger charge is -2.36. The van der Waals surface area contributed by atoms with E-state index >= 15 is 0 Å². The predicted octanol–water partition coefficient (Wildman–Crippen LogP) is 0.395. The number of aromatic nitrogens is 2. The van der Waals surface area contributed by atoms with Crippen LogP contribution in [0.2, 0.25) is 0 Å². The third-order valence-electron chi connectivity index (χ3n) is 5.23. The molecule has 1 unspecified atom stereocenters. The molecule has 2 N–H and O–H groups in total. The SMILES string of the molecule is O=C(C1CCCNC1)N1CCN(S(=O)(=O)c2c[nH]c3ncccc23)CC1. The average molecular weight is 377 g/mol. The summed E-state index contributed by atoms with van der Waals surface area (Å²) in [5.74, 6) is 0.164. The molecule has 0 radical (unpaired) electrons. The molecular weight excluding hydrogens is 354 g/mol. The molecule has 2 fully saturated rings. The van der Waals surface area contributed by atoms with Gasteiger partial charge in [0.2, 0.25) is 15.9 Å². The summed E-state index contributed by atoms with van der Waals surface area (Å²) in [7, 11) is -3.61. The van der Waals surface area contributed by atoms with Crippen molar-refractivity contribution < 1.29 is 13.2 Å². The standard InChI is InChI=1S/C17H23N5O3S/c23-17(13-3-1-5-18-11-13)21-7-9-22(10-8-21)26(24,25)15-12-20-16-14(15)4-2-6-19-16/h2,4,6,12-13,18H,1,3,5,7-11H2,(H,19,20). The van der Waals surface area contributed by atoms with Crippen molar-refractivity contribution in [3.05, 3.63) is 24.5 Å². The minimum absolute atomic E-state index is 0.0200. The van der Waals surface area contributed by atoms with E-state index in [-0.39, 0.29) is 16.7 Å². The van der Waals surface area contributed by atoms with Gasteiger partial charge in [0, 0.05) is 50.5 Å². The molecule has 2 aromatic heterocycles. The van der Waals surface area contributed by atoms with Crippen molar-refractivity contribution in [1.82, 2.24) is 24.5 Å². The lowest BCUT2D eigenvalue weighted by atomic mass is 9.98. The Kier molecular flexibility index (Phi) is 4.68. The molecule has 1 atom stereocenters. The maximum absolute atomic E-state index is 13.0. The van der Waals surface area contributed by atoms with Gasteiger partial charge in [-0.05, 0) is 31.5 Å². The largest absolute Gasteiger partial charge is 0.345 e. The Bertz CT molecular complexity index is 896. The summed E-state index contributed by atoms with van der Waals surface area (Å²) in [6, 6.07) is 3.48. The fourth-order valence-corrected chi connectivity index (χ4v) is 5.33. The highest BCUT2D eigenvalue weighted by atomic mass is 32.2. The van der Waals surface area contributed by atoms with Crippen LogP contribution in [0.25, 0.3) is 11.0 Å². The molecular formula is C17H23N5O3S. The van der Waals surface area contributed by atoms with Crippen LogP contribution in [0.1, 0.15) is 12.8 Å². The Morgan fingerprint density at radius 3 is 2.77 bits per heavy atom. The first-order chi connectivity index (χ1) is 12.6. The van der Waals surface area contributed by atoms with Gasteiger partial charge in [-0.3, -0.25) is 4.79 Å². The number of nitrogens with zero attached hydrogens (tertiary/aromatic N) is 3. The van der Waals surface area contributed by atoms with Crippen LogP contribution in [-0.2, 0) is 14.8 Å². The maximum Gasteiger partial charge on any atom is 0.245 e. The molecule has 0 aromatic carbocycles. The summed E-state index contributed by atoms with van der Waals surface area (Å²) in [5, 5.41) is 3.86. The second-order valence-corrected chi connectivity index (χ2v) is 8.73. The van der Waals surface area contributed by atoms with E-state index < -0.39 is 10.0 Å². The van der Waals surface area contributed by atoms with Gasteiger partial charge in [-0.15, -0.1) is 0 Å². The van der Waals surface area contributed by atoms with Gasteiger partial charge in [0.25, 0.3) is 0 Å². The van der Waals surface area contributed by atoms with Crippen LogP contribution in [0.5, 0.6) is 0 Å². The number of piperazine rings is 1. The Labute approximate surface area is 152 Å². The highest BCUT2D eigenvalue weighted by molar-refractivity contribution is 7.89. The van der Waals surface area contributed by atoms with Crippen LogP contribution in [0.4, 0.5) is 0 Å². The topological polar surface area (TPSA) is 98.4 Å². The van der Waals surface area contributed by atoms with Gasteiger partial charge in [-0.1, -0.05) is 0 Å². The van der Waals surface area contributed by atoms with Crippen LogP contribution in [0, 0.1) is 5.92 Å². The summed E-state index contributed by atoms with van der Waals surface area (Å²) >= 11 is 0. The van der Waals surface area contributed by atoms with E-state index in [0.717, 1.165) is 25.9 Å². The summed E-state index contributed by atoms with van der Waals surface area (Å²) < 4.78 is 27.5. The number of fused-ring (bicyclic) bond motifs is 1. The lowest BCUT2D eigenvalue weighted by molar-refractivity contribution is -0.137. The summed E-state index contributed by atoms with van der Waals surface area (Å²) in [6.45, 7) is 3.21. The number of H-pyrrole nitrogens is 1. The molecule has 9 heteroatoms. The van der Waals surface area contributed by atoms with Crippen molar-refractivity contribution in [3.8, 4) is 0 Å². The minimum Gasteiger partial charge on any atom is -0.345 e. The fourth-order valence-electron chi connectivity index (χ4n) is 3.75. The van der Waals surface area contributed by atoms with E-state index in [1.807, 2.05) is 0 Å². The molecule has 4 rings (SSSR count). The van der Waals surface area contributed by atoms with Crippen molar-refractivity contribution in [2.45, 2.75) is 17.7 Å². The molecule has 0 spiro atoms. The van der Waals surface area contributed by atoms with E-state index in [1.165, 1.54) is 10.5 Å². The van der Waals surface area contributed by atoms with Crippen molar-refractivity contribution >= 4 is 27.0 Å². The monoisotopic (exact) mass is 377 g/mol. The number of hydrogen-bond acceptors (Lipinski definition) is 5. The second-order valence-electron chi connectivity index (χ2n) is 6.83. The van der Waals surface area contributed by atoms with E-state index in [4.69, 9.17) is 0 Å². The normalized spacial score (nSPS) is 22.6. The number of carbonyl (C=O) groups excluding carboxylic acids is 1. The number of carbonyl (C=O) groups is 1. The van der Waals surface area contributed by atoms with E-state index in [0.29, 0.717) is 37.2 Å². The van der Waals surface area contributed by atoms with Crippen LogP contribution in [0.3, 0.4) is 0 Å². The number of piperidine rings is 1. The van der Waals surface area contributed by atoms with E-state index in [2.05, 4.69) is 15.3 Å². The van der Waals surface area contributed by atoms with Gasteiger partial charge in [0.1, 0.15) is 10.5 Å². The lowest BCUT2D eigenvalue weighted by Crippen LogP contribution is -2.53. The summed E-state index contributed by atoms with van der Waals surface area (Å²) in [5.41, 5.74) is 0.560. The van der Waals surface area contributed by atoms with Gasteiger partial charge >= 0.3 is 0 Å². The van der Waals surface area contributed by atoms with E-state index in [9.17, 15) is 13.2 Å². The molecule has 2 saturated heterocycles. The zero-order valence-electron chi connectivity index (χ0n) is 14.5. The van der Waals surface area contributed by atoms with Gasteiger partial charge in [0.15, 0.2) is 0 Å². The van der Waals surface area contributed by atoms with Crippen molar-refractivity contribution in [1.29, 1.82) is 0 Å². The van der Waals surface area contributed by atoms with Crippen molar-refractivity contribution in [2.24, 2.45) is 5.92 Å². The molecule has 0 bridgehead atoms. The third kappa shape index (κ3) is 3.10. The molecule has 8 nitrogen and oxygen atoms in total. The number of hydrogen-bond donors (Lipinski definition) is 2. The van der Waals surface area contributed by atoms with Gasteiger partial charge in [-0.2, -0.15) is 4.31 Å². The fraction of sp³-hybridized carbons (Fsp3) is 0.529.